The molecule has 0 N–H and O–H groups in total. The van der Waals surface area contributed by atoms with Gasteiger partial charge in [-0.1, -0.05) is 12.1 Å². The first kappa shape index (κ1) is 12.2. The zero-order chi connectivity index (χ0) is 10.4. The molecule has 0 radical (unpaired) electrons. The molecule has 0 amide bonds. The van der Waals surface area contributed by atoms with Crippen molar-refractivity contribution in [1.29, 1.82) is 0 Å². The molecule has 1 aromatic carbocycles. The van der Waals surface area contributed by atoms with E-state index in [1.807, 2.05) is 0 Å². The van der Waals surface area contributed by atoms with Crippen molar-refractivity contribution < 1.29 is 0 Å². The van der Waals surface area contributed by atoms with Gasteiger partial charge in [-0.2, -0.15) is 0 Å². The van der Waals surface area contributed by atoms with E-state index in [0.29, 0.717) is 5.88 Å². The van der Waals surface area contributed by atoms with Gasteiger partial charge in [0.25, 0.3) is 0 Å². The lowest BCUT2D eigenvalue weighted by Crippen LogP contribution is -1.90. The molecular formula is C11H14Cl2S. The molecule has 14 heavy (non-hydrogen) atoms. The third-order valence-corrected chi connectivity index (χ3v) is 3.48. The Bertz CT molecular complexity index is 287. The van der Waals surface area contributed by atoms with Crippen LogP contribution in [-0.2, 0) is 12.3 Å². The zero-order valence-corrected chi connectivity index (χ0v) is 10.6. The molecular weight excluding hydrogens is 235 g/mol. The van der Waals surface area contributed by atoms with Crippen LogP contribution in [0.3, 0.4) is 0 Å². The van der Waals surface area contributed by atoms with Gasteiger partial charge in [0.05, 0.1) is 0 Å². The molecule has 0 nitrogen and oxygen atoms in total. The molecule has 0 aliphatic rings. The summed E-state index contributed by atoms with van der Waals surface area (Å²) in [4.78, 5) is 1.27. The Morgan fingerprint density at radius 2 is 2.07 bits per heavy atom. The van der Waals surface area contributed by atoms with Crippen molar-refractivity contribution in [3.8, 4) is 0 Å². The van der Waals surface area contributed by atoms with Crippen LogP contribution < -0.4 is 0 Å². The first-order valence-corrected chi connectivity index (χ1v) is 6.89. The average molecular weight is 249 g/mol. The smallest absolute Gasteiger partial charge is 0.0485 e. The normalized spacial score (nSPS) is 10.5. The van der Waals surface area contributed by atoms with Crippen molar-refractivity contribution in [2.75, 3.05) is 12.1 Å². The van der Waals surface area contributed by atoms with E-state index in [1.165, 1.54) is 16.0 Å². The van der Waals surface area contributed by atoms with E-state index in [4.69, 9.17) is 23.2 Å². The van der Waals surface area contributed by atoms with Crippen molar-refractivity contribution in [2.45, 2.75) is 23.6 Å². The lowest BCUT2D eigenvalue weighted by molar-refractivity contribution is 0.923. The van der Waals surface area contributed by atoms with Crippen LogP contribution >= 0.6 is 35.0 Å². The monoisotopic (exact) mass is 248 g/mol. The van der Waals surface area contributed by atoms with E-state index in [0.717, 1.165) is 18.7 Å². The zero-order valence-electron chi connectivity index (χ0n) is 8.22. The fraction of sp³-hybridized carbons (Fsp3) is 0.455. The summed E-state index contributed by atoms with van der Waals surface area (Å²) in [6, 6.07) is 6.49. The molecule has 0 unspecified atom stereocenters. The van der Waals surface area contributed by atoms with Gasteiger partial charge in [-0.15, -0.1) is 35.0 Å². The Morgan fingerprint density at radius 3 is 2.64 bits per heavy atom. The van der Waals surface area contributed by atoms with Gasteiger partial charge in [0.1, 0.15) is 0 Å². The van der Waals surface area contributed by atoms with Crippen LogP contribution in [0.2, 0.25) is 0 Å². The molecule has 78 valence electrons. The third-order valence-electron chi connectivity index (χ3n) is 2.09. The highest BCUT2D eigenvalue weighted by molar-refractivity contribution is 7.98. The molecule has 0 saturated carbocycles. The summed E-state index contributed by atoms with van der Waals surface area (Å²) in [5.41, 5.74) is 2.56. The summed E-state index contributed by atoms with van der Waals surface area (Å²) in [6.45, 7) is 0. The second-order valence-electron chi connectivity index (χ2n) is 3.07. The van der Waals surface area contributed by atoms with Crippen molar-refractivity contribution >= 4 is 35.0 Å². The summed E-state index contributed by atoms with van der Waals surface area (Å²) in [7, 11) is 0. The highest BCUT2D eigenvalue weighted by Gasteiger charge is 2.01. The first-order valence-electron chi connectivity index (χ1n) is 4.59. The third kappa shape index (κ3) is 3.38. The van der Waals surface area contributed by atoms with E-state index in [9.17, 15) is 0 Å². The van der Waals surface area contributed by atoms with Gasteiger partial charge < -0.3 is 0 Å². The van der Waals surface area contributed by atoms with Crippen LogP contribution in [0.4, 0.5) is 0 Å². The molecule has 0 spiro atoms. The van der Waals surface area contributed by atoms with E-state index in [2.05, 4.69) is 24.5 Å². The Balaban J connectivity index is 2.79. The van der Waals surface area contributed by atoms with Gasteiger partial charge >= 0.3 is 0 Å². The first-order chi connectivity index (χ1) is 6.81. The van der Waals surface area contributed by atoms with Gasteiger partial charge in [0, 0.05) is 16.7 Å². The van der Waals surface area contributed by atoms with Gasteiger partial charge in [-0.3, -0.25) is 0 Å². The summed E-state index contributed by atoms with van der Waals surface area (Å²) < 4.78 is 0. The SMILES string of the molecule is CSc1ccc(CCCCl)cc1CCl. The highest BCUT2D eigenvalue weighted by atomic mass is 35.5. The van der Waals surface area contributed by atoms with E-state index < -0.39 is 0 Å². The molecule has 0 aromatic heterocycles. The minimum absolute atomic E-state index is 0.588. The number of rotatable bonds is 5. The van der Waals surface area contributed by atoms with Gasteiger partial charge in [0.2, 0.25) is 0 Å². The lowest BCUT2D eigenvalue weighted by atomic mass is 10.1. The Kier molecular flexibility index (Phi) is 5.76. The molecule has 0 aliphatic carbocycles. The summed E-state index contributed by atoms with van der Waals surface area (Å²) in [5.74, 6) is 1.31. The molecule has 1 aromatic rings. The standard InChI is InChI=1S/C11H14Cl2S/c1-14-11-5-4-9(3-2-6-12)7-10(11)8-13/h4-5,7H,2-3,6,8H2,1H3. The van der Waals surface area contributed by atoms with Crippen LogP contribution in [0.15, 0.2) is 23.1 Å². The molecule has 3 heteroatoms. The predicted octanol–water partition coefficient (Wildman–Crippen LogP) is 4.32. The maximum Gasteiger partial charge on any atom is 0.0485 e. The fourth-order valence-corrected chi connectivity index (χ4v) is 2.39. The van der Waals surface area contributed by atoms with Crippen molar-refractivity contribution in [2.24, 2.45) is 0 Å². The number of hydrogen-bond donors (Lipinski definition) is 0. The number of aryl methyl sites for hydroxylation is 1. The second-order valence-corrected chi connectivity index (χ2v) is 4.57. The topological polar surface area (TPSA) is 0 Å². The minimum Gasteiger partial charge on any atom is -0.129 e. The van der Waals surface area contributed by atoms with Crippen molar-refractivity contribution in [3.05, 3.63) is 29.3 Å². The van der Waals surface area contributed by atoms with Crippen LogP contribution in [0.25, 0.3) is 0 Å². The molecule has 0 fully saturated rings. The van der Waals surface area contributed by atoms with Gasteiger partial charge in [-0.25, -0.2) is 0 Å². The van der Waals surface area contributed by atoms with E-state index in [-0.39, 0.29) is 0 Å². The highest BCUT2D eigenvalue weighted by Crippen LogP contribution is 2.23. The van der Waals surface area contributed by atoms with Gasteiger partial charge in [-0.05, 0) is 36.3 Å². The van der Waals surface area contributed by atoms with Gasteiger partial charge in [0.15, 0.2) is 0 Å². The number of hydrogen-bond acceptors (Lipinski definition) is 1. The maximum absolute atomic E-state index is 5.88. The van der Waals surface area contributed by atoms with Crippen LogP contribution in [0.5, 0.6) is 0 Å². The van der Waals surface area contributed by atoms with E-state index in [1.54, 1.807) is 11.8 Å². The Hall–Kier alpha value is 0.150. The van der Waals surface area contributed by atoms with Crippen molar-refractivity contribution in [3.63, 3.8) is 0 Å². The number of thioether (sulfide) groups is 1. The molecule has 0 heterocycles. The molecule has 1 rings (SSSR count). The molecule has 0 atom stereocenters. The Labute approximate surface area is 100.0 Å². The number of benzene rings is 1. The fourth-order valence-electron chi connectivity index (χ4n) is 1.36. The maximum atomic E-state index is 5.88. The average Bonchev–Trinajstić information content (AvgIpc) is 2.25. The largest absolute Gasteiger partial charge is 0.129 e. The second kappa shape index (κ2) is 6.60. The van der Waals surface area contributed by atoms with Crippen LogP contribution in [-0.4, -0.2) is 12.1 Å². The number of alkyl halides is 2. The van der Waals surface area contributed by atoms with Crippen LogP contribution in [0.1, 0.15) is 17.5 Å². The van der Waals surface area contributed by atoms with Crippen LogP contribution in [0, 0.1) is 0 Å². The Morgan fingerprint density at radius 1 is 1.29 bits per heavy atom. The van der Waals surface area contributed by atoms with E-state index >= 15 is 0 Å². The lowest BCUT2D eigenvalue weighted by Gasteiger charge is -2.07. The number of halogens is 2. The van der Waals surface area contributed by atoms with Crippen molar-refractivity contribution in [1.82, 2.24) is 0 Å². The molecule has 0 aliphatic heterocycles. The molecule has 0 bridgehead atoms. The minimum atomic E-state index is 0.588. The summed E-state index contributed by atoms with van der Waals surface area (Å²) in [5, 5.41) is 0. The summed E-state index contributed by atoms with van der Waals surface area (Å²) in [6.07, 6.45) is 4.15. The molecule has 0 saturated heterocycles. The quantitative estimate of drug-likeness (QED) is 0.553. The predicted molar refractivity (Wildman–Crippen MR) is 66.8 cm³/mol. The summed E-state index contributed by atoms with van der Waals surface area (Å²) >= 11 is 13.3.